The molecule has 17 heavy (non-hydrogen) atoms. The molecule has 1 fully saturated rings. The molecule has 2 N–H and O–H groups in total. The summed E-state index contributed by atoms with van der Waals surface area (Å²) in [7, 11) is 0. The second-order valence-corrected chi connectivity index (χ2v) is 5.00. The van der Waals surface area contributed by atoms with Crippen LogP contribution in [0.25, 0.3) is 0 Å². The number of aliphatic hydroxyl groups excluding tert-OH is 1. The number of rotatable bonds is 6. The predicted molar refractivity (Wildman–Crippen MR) is 69.9 cm³/mol. The first-order valence-corrected chi connectivity index (χ1v) is 6.34. The van der Waals surface area contributed by atoms with Gasteiger partial charge in [0.05, 0.1) is 18.2 Å². The highest BCUT2D eigenvalue weighted by molar-refractivity contribution is 6.32. The van der Waals surface area contributed by atoms with Crippen molar-refractivity contribution in [1.82, 2.24) is 0 Å². The maximum absolute atomic E-state index is 9.22. The van der Waals surface area contributed by atoms with Gasteiger partial charge in [0.15, 0.2) is 0 Å². The summed E-state index contributed by atoms with van der Waals surface area (Å²) in [5.41, 5.74) is 1.07. The Bertz CT molecular complexity index is 391. The van der Waals surface area contributed by atoms with Gasteiger partial charge in [0.2, 0.25) is 0 Å². The molecule has 4 heteroatoms. The van der Waals surface area contributed by atoms with Gasteiger partial charge in [-0.15, -0.1) is 0 Å². The summed E-state index contributed by atoms with van der Waals surface area (Å²) in [4.78, 5) is 0. The number of ether oxygens (including phenoxy) is 1. The molecule has 0 atom stereocenters. The SMILES string of the molecule is CCOc1ccc(NCC2(CO)CC2)cc1Cl. The summed E-state index contributed by atoms with van der Waals surface area (Å²) in [6.45, 7) is 3.60. The lowest BCUT2D eigenvalue weighted by Crippen LogP contribution is -2.18. The van der Waals surface area contributed by atoms with Crippen molar-refractivity contribution in [2.75, 3.05) is 25.1 Å². The number of hydrogen-bond donors (Lipinski definition) is 2. The lowest BCUT2D eigenvalue weighted by molar-refractivity contribution is 0.220. The van der Waals surface area contributed by atoms with Crippen LogP contribution in [-0.2, 0) is 0 Å². The second-order valence-electron chi connectivity index (χ2n) is 4.59. The van der Waals surface area contributed by atoms with Gasteiger partial charge in [0.25, 0.3) is 0 Å². The molecule has 0 amide bonds. The normalized spacial score (nSPS) is 16.6. The molecule has 0 spiro atoms. The quantitative estimate of drug-likeness (QED) is 0.821. The van der Waals surface area contributed by atoms with Crippen molar-refractivity contribution in [2.24, 2.45) is 5.41 Å². The zero-order valence-electron chi connectivity index (χ0n) is 10.0. The van der Waals surface area contributed by atoms with E-state index >= 15 is 0 Å². The minimum absolute atomic E-state index is 0.102. The third-order valence-corrected chi connectivity index (χ3v) is 3.49. The number of anilines is 1. The molecule has 1 aliphatic rings. The van der Waals surface area contributed by atoms with Crippen LogP contribution in [0.3, 0.4) is 0 Å². The van der Waals surface area contributed by atoms with Gasteiger partial charge in [-0.2, -0.15) is 0 Å². The molecule has 0 bridgehead atoms. The molecule has 0 aliphatic heterocycles. The van der Waals surface area contributed by atoms with Gasteiger partial charge in [-0.05, 0) is 38.0 Å². The molecule has 3 nitrogen and oxygen atoms in total. The van der Waals surface area contributed by atoms with Gasteiger partial charge >= 0.3 is 0 Å². The number of halogens is 1. The zero-order chi connectivity index (χ0) is 12.3. The first-order valence-electron chi connectivity index (χ1n) is 5.96. The number of nitrogens with one attached hydrogen (secondary N) is 1. The van der Waals surface area contributed by atoms with E-state index in [4.69, 9.17) is 16.3 Å². The van der Waals surface area contributed by atoms with Crippen LogP contribution in [0.15, 0.2) is 18.2 Å². The summed E-state index contributed by atoms with van der Waals surface area (Å²) in [5.74, 6) is 0.711. The molecule has 0 unspecified atom stereocenters. The van der Waals surface area contributed by atoms with Crippen LogP contribution in [0, 0.1) is 5.41 Å². The van der Waals surface area contributed by atoms with E-state index in [0.29, 0.717) is 17.4 Å². The highest BCUT2D eigenvalue weighted by Gasteiger charge is 2.41. The lowest BCUT2D eigenvalue weighted by atomic mass is 10.1. The molecule has 1 aliphatic carbocycles. The Labute approximate surface area is 107 Å². The second kappa shape index (κ2) is 5.15. The van der Waals surface area contributed by atoms with Crippen molar-refractivity contribution in [2.45, 2.75) is 19.8 Å². The van der Waals surface area contributed by atoms with Gasteiger partial charge in [0, 0.05) is 17.6 Å². The van der Waals surface area contributed by atoms with Gasteiger partial charge in [-0.3, -0.25) is 0 Å². The molecule has 94 valence electrons. The fraction of sp³-hybridized carbons (Fsp3) is 0.538. The van der Waals surface area contributed by atoms with Crippen molar-refractivity contribution in [3.63, 3.8) is 0 Å². The van der Waals surface area contributed by atoms with Crippen molar-refractivity contribution in [3.05, 3.63) is 23.2 Å². The highest BCUT2D eigenvalue weighted by Crippen LogP contribution is 2.45. The summed E-state index contributed by atoms with van der Waals surface area (Å²) < 4.78 is 5.37. The van der Waals surface area contributed by atoms with Crippen molar-refractivity contribution in [3.8, 4) is 5.75 Å². The number of benzene rings is 1. The van der Waals surface area contributed by atoms with Crippen LogP contribution in [0.2, 0.25) is 5.02 Å². The van der Waals surface area contributed by atoms with Crippen molar-refractivity contribution < 1.29 is 9.84 Å². The van der Waals surface area contributed by atoms with E-state index < -0.39 is 0 Å². The maximum Gasteiger partial charge on any atom is 0.138 e. The smallest absolute Gasteiger partial charge is 0.138 e. The highest BCUT2D eigenvalue weighted by atomic mass is 35.5. The van der Waals surface area contributed by atoms with E-state index in [2.05, 4.69) is 5.32 Å². The predicted octanol–water partition coefficient (Wildman–Crippen LogP) is 2.92. The first kappa shape index (κ1) is 12.5. The Morgan fingerprint density at radius 2 is 2.24 bits per heavy atom. The number of aliphatic hydroxyl groups is 1. The van der Waals surface area contributed by atoms with E-state index in [9.17, 15) is 5.11 Å². The minimum Gasteiger partial charge on any atom is -0.492 e. The van der Waals surface area contributed by atoms with Gasteiger partial charge in [-0.1, -0.05) is 11.6 Å². The van der Waals surface area contributed by atoms with Crippen molar-refractivity contribution in [1.29, 1.82) is 0 Å². The third kappa shape index (κ3) is 3.05. The molecule has 1 aromatic rings. The largest absolute Gasteiger partial charge is 0.492 e. The molecular formula is C13H18ClNO2. The topological polar surface area (TPSA) is 41.5 Å². The standard InChI is InChI=1S/C13H18ClNO2/c1-2-17-12-4-3-10(7-11(12)14)15-8-13(9-16)5-6-13/h3-4,7,15-16H,2,5-6,8-9H2,1H3. The number of hydrogen-bond acceptors (Lipinski definition) is 3. The minimum atomic E-state index is 0.102. The van der Waals surface area contributed by atoms with E-state index in [1.165, 1.54) is 0 Å². The van der Waals surface area contributed by atoms with E-state index in [-0.39, 0.29) is 12.0 Å². The Morgan fingerprint density at radius 1 is 1.47 bits per heavy atom. The lowest BCUT2D eigenvalue weighted by Gasteiger charge is -2.14. The van der Waals surface area contributed by atoms with Gasteiger partial charge < -0.3 is 15.2 Å². The van der Waals surface area contributed by atoms with E-state index in [0.717, 1.165) is 25.1 Å². The van der Waals surface area contributed by atoms with Crippen LogP contribution < -0.4 is 10.1 Å². The van der Waals surface area contributed by atoms with Crippen LogP contribution in [0.4, 0.5) is 5.69 Å². The summed E-state index contributed by atoms with van der Waals surface area (Å²) in [6.07, 6.45) is 2.20. The molecule has 0 saturated heterocycles. The van der Waals surface area contributed by atoms with Crippen LogP contribution >= 0.6 is 11.6 Å². The van der Waals surface area contributed by atoms with Crippen LogP contribution in [0.1, 0.15) is 19.8 Å². The van der Waals surface area contributed by atoms with Crippen molar-refractivity contribution >= 4 is 17.3 Å². The Morgan fingerprint density at radius 3 is 2.76 bits per heavy atom. The molecule has 1 saturated carbocycles. The third-order valence-electron chi connectivity index (χ3n) is 3.19. The first-order chi connectivity index (χ1) is 8.19. The Hall–Kier alpha value is -0.930. The van der Waals surface area contributed by atoms with Crippen LogP contribution in [-0.4, -0.2) is 24.9 Å². The summed E-state index contributed by atoms with van der Waals surface area (Å²) >= 11 is 6.09. The maximum atomic E-state index is 9.22. The molecule has 0 radical (unpaired) electrons. The summed E-state index contributed by atoms with van der Waals surface area (Å²) in [6, 6.07) is 5.68. The molecule has 1 aromatic carbocycles. The monoisotopic (exact) mass is 255 g/mol. The van der Waals surface area contributed by atoms with E-state index in [1.54, 1.807) is 0 Å². The molecular weight excluding hydrogens is 238 g/mol. The fourth-order valence-electron chi connectivity index (χ4n) is 1.74. The molecule has 0 heterocycles. The Balaban J connectivity index is 1.95. The summed E-state index contributed by atoms with van der Waals surface area (Å²) in [5, 5.41) is 13.1. The average Bonchev–Trinajstić information content (AvgIpc) is 3.11. The zero-order valence-corrected chi connectivity index (χ0v) is 10.8. The average molecular weight is 256 g/mol. The van der Waals surface area contributed by atoms with Gasteiger partial charge in [-0.25, -0.2) is 0 Å². The van der Waals surface area contributed by atoms with Gasteiger partial charge in [0.1, 0.15) is 5.75 Å². The Kier molecular flexibility index (Phi) is 3.79. The fourth-order valence-corrected chi connectivity index (χ4v) is 1.98. The van der Waals surface area contributed by atoms with E-state index in [1.807, 2.05) is 25.1 Å². The molecule has 2 rings (SSSR count). The molecule has 0 aromatic heterocycles. The van der Waals surface area contributed by atoms with Crippen LogP contribution in [0.5, 0.6) is 5.75 Å².